The third-order valence-electron chi connectivity index (χ3n) is 15.5. The topological polar surface area (TPSA) is 183 Å². The van der Waals surface area contributed by atoms with Gasteiger partial charge >= 0.3 is 11.8 Å². The first-order valence-corrected chi connectivity index (χ1v) is 24.9. The highest BCUT2D eigenvalue weighted by atomic mass is 19.1. The van der Waals surface area contributed by atoms with Gasteiger partial charge < -0.3 is 34.1 Å². The highest BCUT2D eigenvalue weighted by Crippen LogP contribution is 2.48. The SMILES string of the molecule is CCc1c(F)ccc2cc(O)cc(-c3ncc4c(N5CCC[C@@](C)(O)C5)nc(OCC5(CN6CCC(F)(CN7CCN(c8ccc9c(c8)oc(=O)n9C8CCC(=O)NC8=O)CC7)CC6)CC5)nc4c3F)c12. The number of piperidine rings is 3. The van der Waals surface area contributed by atoms with Crippen molar-refractivity contribution < 1.29 is 42.1 Å². The molecule has 6 aromatic rings. The molecule has 19 heteroatoms. The molecule has 0 spiro atoms. The summed E-state index contributed by atoms with van der Waals surface area (Å²) in [6.07, 6.45) is 6.09. The summed E-state index contributed by atoms with van der Waals surface area (Å²) in [5.74, 6) is -2.45. The number of halogens is 3. The van der Waals surface area contributed by atoms with Gasteiger partial charge in [0.1, 0.15) is 40.3 Å². The summed E-state index contributed by atoms with van der Waals surface area (Å²) in [6, 6.07) is 10.4. The number of aryl methyl sites for hydroxylation is 1. The number of likely N-dealkylation sites (tertiary alicyclic amines) is 1. The van der Waals surface area contributed by atoms with Crippen LogP contribution in [0.3, 0.4) is 0 Å². The molecule has 5 fully saturated rings. The maximum atomic E-state index is 17.1. The molecule has 4 saturated heterocycles. The zero-order valence-corrected chi connectivity index (χ0v) is 40.0. The fraction of sp³-hybridized carbons (Fsp3) is 0.500. The number of phenolic OH excluding ortho intramolecular Hbond substituents is 1. The van der Waals surface area contributed by atoms with E-state index in [2.05, 4.69) is 30.0 Å². The van der Waals surface area contributed by atoms with Crippen LogP contribution in [-0.2, 0) is 16.0 Å². The van der Waals surface area contributed by atoms with Gasteiger partial charge in [-0.1, -0.05) is 13.0 Å². The molecule has 374 valence electrons. The Labute approximate surface area is 407 Å². The molecular formula is C52H58F3N9O7. The van der Waals surface area contributed by atoms with Crippen molar-refractivity contribution in [3.63, 3.8) is 0 Å². The Hall–Kier alpha value is -6.31. The van der Waals surface area contributed by atoms with E-state index in [1.807, 2.05) is 17.9 Å². The quantitative estimate of drug-likeness (QED) is 0.114. The van der Waals surface area contributed by atoms with Gasteiger partial charge in [0.2, 0.25) is 11.8 Å². The van der Waals surface area contributed by atoms with E-state index in [4.69, 9.17) is 14.1 Å². The number of aromatic nitrogens is 4. The molecule has 0 radical (unpaired) electrons. The minimum Gasteiger partial charge on any atom is -0.508 e. The van der Waals surface area contributed by atoms with Crippen LogP contribution in [0.15, 0.2) is 57.9 Å². The number of hydrogen-bond donors (Lipinski definition) is 3. The van der Waals surface area contributed by atoms with Crippen molar-refractivity contribution in [3.05, 3.63) is 76.4 Å². The van der Waals surface area contributed by atoms with Crippen LogP contribution in [0.4, 0.5) is 24.7 Å². The Kier molecular flexibility index (Phi) is 12.0. The second-order valence-electron chi connectivity index (χ2n) is 20.8. The number of alkyl halides is 1. The van der Waals surface area contributed by atoms with Gasteiger partial charge in [-0.3, -0.25) is 29.4 Å². The van der Waals surface area contributed by atoms with Crippen LogP contribution in [0, 0.1) is 17.0 Å². The van der Waals surface area contributed by atoms with E-state index in [-0.39, 0.29) is 65.8 Å². The first kappa shape index (κ1) is 47.0. The number of nitrogens with zero attached hydrogens (tertiary/aromatic N) is 8. The number of phenols is 1. The first-order chi connectivity index (χ1) is 34.1. The van der Waals surface area contributed by atoms with Gasteiger partial charge in [0.25, 0.3) is 0 Å². The number of nitrogens with one attached hydrogen (secondary N) is 1. The molecule has 7 heterocycles. The number of carbonyl (C=O) groups is 2. The standard InChI is InChI=1S/C52H58F3N9O7/c1-3-34-37(53)7-5-31-23-33(65)25-35(42(31)34)44-43(54)45-36(26-56-44)46(63-16-4-11-50(2,69)27-63)59-48(58-45)70-30-51(12-13-51)28-60-17-14-52(55,15-18-60)29-61-19-21-62(22-20-61)32-6-8-38-40(24-32)71-49(68)64(38)39-9-10-41(66)57-47(39)67/h5-8,23-26,39,65,69H,3-4,9-22,27-30H2,1-2H3,(H,57,66,67)/t39?,50-/m1/s1. The van der Waals surface area contributed by atoms with Gasteiger partial charge in [0.05, 0.1) is 23.1 Å². The largest absolute Gasteiger partial charge is 0.508 e. The summed E-state index contributed by atoms with van der Waals surface area (Å²) in [5.41, 5.74) is -0.331. The highest BCUT2D eigenvalue weighted by molar-refractivity contribution is 6.02. The number of aromatic hydroxyl groups is 1. The number of hydrogen-bond acceptors (Lipinski definition) is 14. The second kappa shape index (κ2) is 18.1. The van der Waals surface area contributed by atoms with E-state index in [1.54, 1.807) is 25.1 Å². The molecule has 5 aliphatic rings. The zero-order valence-electron chi connectivity index (χ0n) is 40.0. The summed E-state index contributed by atoms with van der Waals surface area (Å²) in [4.78, 5) is 59.6. The van der Waals surface area contributed by atoms with Crippen LogP contribution in [0.5, 0.6) is 11.8 Å². The van der Waals surface area contributed by atoms with E-state index in [0.29, 0.717) is 130 Å². The number of aliphatic hydroxyl groups is 1. The molecule has 71 heavy (non-hydrogen) atoms. The normalized spacial score (nSPS) is 22.9. The summed E-state index contributed by atoms with van der Waals surface area (Å²) in [7, 11) is 0. The fourth-order valence-electron chi connectivity index (χ4n) is 11.4. The van der Waals surface area contributed by atoms with Crippen LogP contribution < -0.4 is 25.6 Å². The number of oxazole rings is 1. The fourth-order valence-corrected chi connectivity index (χ4v) is 11.4. The summed E-state index contributed by atoms with van der Waals surface area (Å²) in [5, 5.41) is 25.5. The van der Waals surface area contributed by atoms with Crippen molar-refractivity contribution in [2.45, 2.75) is 88.9 Å². The van der Waals surface area contributed by atoms with Crippen molar-refractivity contribution in [3.8, 4) is 23.0 Å². The lowest BCUT2D eigenvalue weighted by Crippen LogP contribution is -2.54. The number of benzene rings is 3. The maximum absolute atomic E-state index is 17.1. The molecule has 0 bridgehead atoms. The van der Waals surface area contributed by atoms with Crippen LogP contribution >= 0.6 is 0 Å². The van der Waals surface area contributed by atoms with Crippen LogP contribution in [-0.4, -0.2) is 135 Å². The van der Waals surface area contributed by atoms with Gasteiger partial charge in [0, 0.05) is 101 Å². The maximum Gasteiger partial charge on any atom is 0.420 e. The Morgan fingerprint density at radius 2 is 1.68 bits per heavy atom. The van der Waals surface area contributed by atoms with Crippen molar-refractivity contribution in [1.82, 2.24) is 34.6 Å². The number of amides is 2. The van der Waals surface area contributed by atoms with Crippen molar-refractivity contribution in [2.24, 2.45) is 5.41 Å². The second-order valence-corrected chi connectivity index (χ2v) is 20.8. The summed E-state index contributed by atoms with van der Waals surface area (Å²) in [6.45, 7) is 9.59. The van der Waals surface area contributed by atoms with Crippen LogP contribution in [0.2, 0.25) is 0 Å². The van der Waals surface area contributed by atoms with Crippen molar-refractivity contribution in [1.29, 1.82) is 0 Å². The first-order valence-electron chi connectivity index (χ1n) is 24.9. The van der Waals surface area contributed by atoms with Gasteiger partial charge in [-0.25, -0.2) is 18.0 Å². The van der Waals surface area contributed by atoms with E-state index in [1.165, 1.54) is 29.0 Å². The molecule has 11 rings (SSSR count). The number of fused-ring (bicyclic) bond motifs is 3. The average molecular weight is 978 g/mol. The molecule has 1 saturated carbocycles. The minimum absolute atomic E-state index is 0.0151. The summed E-state index contributed by atoms with van der Waals surface area (Å²) < 4.78 is 62.1. The van der Waals surface area contributed by atoms with Crippen molar-refractivity contribution >= 4 is 56.1 Å². The van der Waals surface area contributed by atoms with Crippen LogP contribution in [0.25, 0.3) is 44.0 Å². The van der Waals surface area contributed by atoms with Gasteiger partial charge in [-0.2, -0.15) is 9.97 Å². The molecule has 16 nitrogen and oxygen atoms in total. The molecule has 1 aliphatic carbocycles. The van der Waals surface area contributed by atoms with E-state index >= 15 is 13.2 Å². The lowest BCUT2D eigenvalue weighted by Gasteiger charge is -2.43. The molecular weight excluding hydrogens is 920 g/mol. The third kappa shape index (κ3) is 9.16. The predicted molar refractivity (Wildman–Crippen MR) is 261 cm³/mol. The Bertz CT molecular complexity index is 3140. The smallest absolute Gasteiger partial charge is 0.420 e. The number of ether oxygens (including phenoxy) is 1. The van der Waals surface area contributed by atoms with Crippen LogP contribution in [0.1, 0.15) is 76.8 Å². The number of imide groups is 1. The minimum atomic E-state index is -1.34. The Balaban J connectivity index is 0.742. The van der Waals surface area contributed by atoms with Crippen molar-refractivity contribution in [2.75, 3.05) is 81.9 Å². The Morgan fingerprint density at radius 1 is 0.901 bits per heavy atom. The molecule has 2 atom stereocenters. The number of anilines is 2. The van der Waals surface area contributed by atoms with Gasteiger partial charge in [-0.05, 0) is 105 Å². The number of rotatable bonds is 12. The molecule has 1 unspecified atom stereocenters. The average Bonchev–Trinajstić information content (AvgIpc) is 4.03. The highest BCUT2D eigenvalue weighted by Gasteiger charge is 2.47. The number of piperazine rings is 1. The molecule has 3 aromatic carbocycles. The monoisotopic (exact) mass is 977 g/mol. The number of pyridine rings is 1. The molecule has 3 aromatic heterocycles. The Morgan fingerprint density at radius 3 is 2.41 bits per heavy atom. The number of carbonyl (C=O) groups excluding carboxylic acids is 2. The molecule has 3 N–H and O–H groups in total. The van der Waals surface area contributed by atoms with E-state index in [0.717, 1.165) is 18.5 Å². The van der Waals surface area contributed by atoms with E-state index < -0.39 is 40.6 Å². The number of β-amino-alcohol motifs (C(OH)–C–C–N with tert-alkyl or cyclic N) is 1. The van der Waals surface area contributed by atoms with E-state index in [9.17, 15) is 24.6 Å². The lowest BCUT2D eigenvalue weighted by molar-refractivity contribution is -0.135. The zero-order chi connectivity index (χ0) is 49.4. The summed E-state index contributed by atoms with van der Waals surface area (Å²) >= 11 is 0. The lowest BCUT2D eigenvalue weighted by atomic mass is 9.91. The van der Waals surface area contributed by atoms with Gasteiger partial charge in [0.15, 0.2) is 11.4 Å². The predicted octanol–water partition coefficient (Wildman–Crippen LogP) is 6.41. The molecule has 4 aliphatic heterocycles. The molecule has 2 amide bonds. The third-order valence-corrected chi connectivity index (χ3v) is 15.5. The van der Waals surface area contributed by atoms with Gasteiger partial charge in [-0.15, -0.1) is 0 Å².